The maximum atomic E-state index is 14.1. The molecular weight excluding hydrogens is 446 g/mol. The number of ether oxygens (including phenoxy) is 2. The highest BCUT2D eigenvalue weighted by Gasteiger charge is 2.20. The minimum atomic E-state index is -1.04. The van der Waals surface area contributed by atoms with Crippen molar-refractivity contribution in [3.8, 4) is 16.9 Å². The van der Waals surface area contributed by atoms with Crippen LogP contribution in [0.5, 0.6) is 5.75 Å². The molecule has 0 aliphatic carbocycles. The molecule has 0 amide bonds. The Labute approximate surface area is 194 Å². The second-order valence-electron chi connectivity index (χ2n) is 7.43. The maximum Gasteiger partial charge on any atom is 0.328 e. The van der Waals surface area contributed by atoms with Crippen molar-refractivity contribution in [1.29, 1.82) is 0 Å². The third-order valence-corrected chi connectivity index (χ3v) is 5.15. The molecule has 10 heteroatoms. The number of hydrogen-bond acceptors (Lipinski definition) is 7. The zero-order chi connectivity index (χ0) is 24.1. The van der Waals surface area contributed by atoms with Crippen molar-refractivity contribution in [2.45, 2.75) is 0 Å². The molecule has 1 fully saturated rings. The number of aliphatic carboxylic acids is 1. The first kappa shape index (κ1) is 23.1. The summed E-state index contributed by atoms with van der Waals surface area (Å²) in [6.07, 6.45) is 4.19. The van der Waals surface area contributed by atoms with Crippen LogP contribution in [0.1, 0.15) is 5.56 Å². The van der Waals surface area contributed by atoms with Gasteiger partial charge >= 0.3 is 5.97 Å². The van der Waals surface area contributed by atoms with Crippen LogP contribution in [0.25, 0.3) is 17.2 Å². The van der Waals surface area contributed by atoms with E-state index in [1.165, 1.54) is 13.2 Å². The number of halogens is 2. The van der Waals surface area contributed by atoms with Crippen LogP contribution in [0.4, 0.5) is 26.2 Å². The van der Waals surface area contributed by atoms with E-state index in [9.17, 15) is 13.6 Å². The summed E-state index contributed by atoms with van der Waals surface area (Å²) in [7, 11) is 1.19. The molecule has 0 saturated carbocycles. The van der Waals surface area contributed by atoms with E-state index in [4.69, 9.17) is 14.6 Å². The fourth-order valence-electron chi connectivity index (χ4n) is 3.59. The van der Waals surface area contributed by atoms with Gasteiger partial charge in [0.05, 0.1) is 20.3 Å². The quantitative estimate of drug-likeness (QED) is 0.500. The minimum Gasteiger partial charge on any atom is -0.491 e. The van der Waals surface area contributed by atoms with E-state index in [2.05, 4.69) is 15.3 Å². The lowest BCUT2D eigenvalue weighted by atomic mass is 10.0. The van der Waals surface area contributed by atoms with Gasteiger partial charge in [-0.3, -0.25) is 0 Å². The van der Waals surface area contributed by atoms with Crippen LogP contribution in [-0.2, 0) is 9.53 Å². The van der Waals surface area contributed by atoms with Crippen molar-refractivity contribution < 1.29 is 28.2 Å². The van der Waals surface area contributed by atoms with Crippen LogP contribution in [0, 0.1) is 11.6 Å². The minimum absolute atomic E-state index is 0.136. The molecule has 0 atom stereocenters. The highest BCUT2D eigenvalue weighted by Crippen LogP contribution is 2.32. The number of carboxylic acid groups (broad SMARTS) is 1. The Balaban J connectivity index is 1.71. The first-order chi connectivity index (χ1) is 16.4. The second kappa shape index (κ2) is 10.3. The molecule has 2 aromatic carbocycles. The average Bonchev–Trinajstić information content (AvgIpc) is 2.83. The number of benzene rings is 2. The van der Waals surface area contributed by atoms with Gasteiger partial charge in [0.1, 0.15) is 5.82 Å². The van der Waals surface area contributed by atoms with E-state index in [-0.39, 0.29) is 11.6 Å². The van der Waals surface area contributed by atoms with Crippen molar-refractivity contribution in [1.82, 2.24) is 9.97 Å². The predicted molar refractivity (Wildman–Crippen MR) is 123 cm³/mol. The Morgan fingerprint density at radius 3 is 2.62 bits per heavy atom. The lowest BCUT2D eigenvalue weighted by Gasteiger charge is -2.29. The van der Waals surface area contributed by atoms with E-state index in [1.54, 1.807) is 12.3 Å². The van der Waals surface area contributed by atoms with Crippen molar-refractivity contribution >= 4 is 29.5 Å². The molecule has 3 aromatic rings. The van der Waals surface area contributed by atoms with Gasteiger partial charge in [-0.25, -0.2) is 18.6 Å². The molecule has 1 aliphatic rings. The van der Waals surface area contributed by atoms with Crippen LogP contribution in [-0.4, -0.2) is 54.5 Å². The van der Waals surface area contributed by atoms with Crippen molar-refractivity contribution in [2.75, 3.05) is 43.6 Å². The molecule has 1 aromatic heterocycles. The number of nitrogens with zero attached hydrogens (tertiary/aromatic N) is 3. The normalized spacial score (nSPS) is 13.8. The van der Waals surface area contributed by atoms with Crippen LogP contribution < -0.4 is 15.0 Å². The molecule has 0 bridgehead atoms. The molecule has 4 rings (SSSR count). The lowest BCUT2D eigenvalue weighted by Crippen LogP contribution is -2.37. The number of carboxylic acids is 1. The molecule has 176 valence electrons. The van der Waals surface area contributed by atoms with Gasteiger partial charge in [0.2, 0.25) is 5.95 Å². The van der Waals surface area contributed by atoms with E-state index < -0.39 is 23.4 Å². The first-order valence-electron chi connectivity index (χ1n) is 10.5. The zero-order valence-corrected chi connectivity index (χ0v) is 18.3. The number of carbonyl (C=O) groups is 1. The first-order valence-corrected chi connectivity index (χ1v) is 10.5. The number of morpholine rings is 1. The molecule has 34 heavy (non-hydrogen) atoms. The van der Waals surface area contributed by atoms with Gasteiger partial charge in [-0.2, -0.15) is 4.98 Å². The van der Waals surface area contributed by atoms with Crippen molar-refractivity contribution in [3.63, 3.8) is 0 Å². The summed E-state index contributed by atoms with van der Waals surface area (Å²) in [5.74, 6) is -2.41. The Morgan fingerprint density at radius 2 is 1.94 bits per heavy atom. The monoisotopic (exact) mass is 468 g/mol. The van der Waals surface area contributed by atoms with Gasteiger partial charge in [-0.05, 0) is 23.3 Å². The fraction of sp³-hybridized carbons (Fsp3) is 0.208. The molecule has 1 aliphatic heterocycles. The summed E-state index contributed by atoms with van der Waals surface area (Å²) in [4.78, 5) is 21.9. The summed E-state index contributed by atoms with van der Waals surface area (Å²) in [5, 5.41) is 11.8. The summed E-state index contributed by atoms with van der Waals surface area (Å²) >= 11 is 0. The maximum absolute atomic E-state index is 14.1. The Kier molecular flexibility index (Phi) is 6.98. The van der Waals surface area contributed by atoms with E-state index in [0.29, 0.717) is 37.7 Å². The topological polar surface area (TPSA) is 96.8 Å². The number of methoxy groups -OCH3 is 1. The third-order valence-electron chi connectivity index (χ3n) is 5.15. The molecule has 0 radical (unpaired) electrons. The van der Waals surface area contributed by atoms with E-state index >= 15 is 0 Å². The lowest BCUT2D eigenvalue weighted by molar-refractivity contribution is -0.131. The van der Waals surface area contributed by atoms with Gasteiger partial charge in [0.15, 0.2) is 17.4 Å². The molecular formula is C24H22F2N4O4. The Hall–Kier alpha value is -4.05. The van der Waals surface area contributed by atoms with Gasteiger partial charge in [0, 0.05) is 48.7 Å². The van der Waals surface area contributed by atoms with Crippen molar-refractivity contribution in [2.24, 2.45) is 0 Å². The third kappa shape index (κ3) is 5.29. The summed E-state index contributed by atoms with van der Waals surface area (Å²) < 4.78 is 38.4. The smallest absolute Gasteiger partial charge is 0.328 e. The number of aromatic nitrogens is 2. The highest BCUT2D eigenvalue weighted by atomic mass is 19.1. The number of nitrogens with one attached hydrogen (secondary N) is 1. The molecule has 8 nitrogen and oxygen atoms in total. The second-order valence-corrected chi connectivity index (χ2v) is 7.43. The molecule has 0 spiro atoms. The SMILES string of the molecule is COc1c(F)cc(Nc2ncc(-c3cccc(C=CC(=O)O)c3)c(N3CCOCC3)n2)cc1F. The highest BCUT2D eigenvalue weighted by molar-refractivity contribution is 5.86. The van der Waals surface area contributed by atoms with Crippen LogP contribution >= 0.6 is 0 Å². The number of rotatable bonds is 7. The largest absolute Gasteiger partial charge is 0.491 e. The van der Waals surface area contributed by atoms with E-state index in [0.717, 1.165) is 29.3 Å². The van der Waals surface area contributed by atoms with Crippen LogP contribution in [0.15, 0.2) is 48.7 Å². The number of anilines is 3. The van der Waals surface area contributed by atoms with Gasteiger partial charge < -0.3 is 24.8 Å². The average molecular weight is 468 g/mol. The molecule has 2 heterocycles. The standard InChI is InChI=1S/C24H22F2N4O4/c1-33-22-19(25)12-17(13-20(22)26)28-24-27-14-18(23(29-24)30-7-9-34-10-8-30)16-4-2-3-15(11-16)5-6-21(31)32/h2-6,11-14H,7-10H2,1H3,(H,31,32)(H,27,28,29). The van der Waals surface area contributed by atoms with E-state index in [1.807, 2.05) is 23.1 Å². The van der Waals surface area contributed by atoms with Crippen LogP contribution in [0.3, 0.4) is 0 Å². The Bertz CT molecular complexity index is 1210. The summed E-state index contributed by atoms with van der Waals surface area (Å²) in [6.45, 7) is 2.27. The van der Waals surface area contributed by atoms with Gasteiger partial charge in [-0.1, -0.05) is 18.2 Å². The summed E-state index contributed by atoms with van der Waals surface area (Å²) in [6, 6.07) is 9.53. The zero-order valence-electron chi connectivity index (χ0n) is 18.3. The molecule has 0 unspecified atom stereocenters. The number of hydrogen-bond donors (Lipinski definition) is 2. The predicted octanol–water partition coefficient (Wildman–Crippen LogP) is 4.11. The van der Waals surface area contributed by atoms with Crippen LogP contribution in [0.2, 0.25) is 0 Å². The Morgan fingerprint density at radius 1 is 1.21 bits per heavy atom. The fourth-order valence-corrected chi connectivity index (χ4v) is 3.59. The van der Waals surface area contributed by atoms with Gasteiger partial charge in [-0.15, -0.1) is 0 Å². The van der Waals surface area contributed by atoms with Crippen molar-refractivity contribution in [3.05, 3.63) is 65.9 Å². The summed E-state index contributed by atoms with van der Waals surface area (Å²) in [5.41, 5.74) is 2.36. The molecule has 2 N–H and O–H groups in total. The molecule has 1 saturated heterocycles. The van der Waals surface area contributed by atoms with Gasteiger partial charge in [0.25, 0.3) is 0 Å².